The molecule has 1 aliphatic rings. The van der Waals surface area contributed by atoms with Gasteiger partial charge in [-0.1, -0.05) is 58.4 Å². The van der Waals surface area contributed by atoms with Crippen LogP contribution in [-0.2, 0) is 0 Å². The molecule has 2 aromatic carbocycles. The van der Waals surface area contributed by atoms with E-state index in [1.807, 2.05) is 6.07 Å². The molecule has 0 aromatic heterocycles. The second kappa shape index (κ2) is 4.87. The Morgan fingerprint density at radius 1 is 1.06 bits per heavy atom. The van der Waals surface area contributed by atoms with Crippen LogP contribution in [-0.4, -0.2) is 0 Å². The van der Waals surface area contributed by atoms with Gasteiger partial charge in [0, 0.05) is 10.5 Å². The van der Waals surface area contributed by atoms with E-state index in [1.165, 1.54) is 17.5 Å². The number of rotatable bonds is 3. The van der Waals surface area contributed by atoms with Crippen LogP contribution in [0.15, 0.2) is 59.1 Å². The van der Waals surface area contributed by atoms with Crippen molar-refractivity contribution in [1.82, 2.24) is 0 Å². The lowest BCUT2D eigenvalue weighted by atomic mass is 10.00. The molecule has 3 unspecified atom stereocenters. The van der Waals surface area contributed by atoms with E-state index in [0.29, 0.717) is 11.8 Å². The van der Waals surface area contributed by atoms with Gasteiger partial charge in [0.2, 0.25) is 0 Å². The monoisotopic (exact) mass is 301 g/mol. The first-order valence-electron chi connectivity index (χ1n) is 6.31. The van der Waals surface area contributed by atoms with Crippen molar-refractivity contribution in [3.05, 3.63) is 70.2 Å². The van der Waals surface area contributed by atoms with E-state index in [2.05, 4.69) is 64.5 Å². The quantitative estimate of drug-likeness (QED) is 0.901. The molecule has 2 heteroatoms. The molecule has 0 spiro atoms. The summed E-state index contributed by atoms with van der Waals surface area (Å²) in [5, 5.41) is 0. The van der Waals surface area contributed by atoms with Crippen molar-refractivity contribution in [2.45, 2.75) is 18.4 Å². The van der Waals surface area contributed by atoms with Crippen LogP contribution >= 0.6 is 15.9 Å². The Morgan fingerprint density at radius 3 is 2.56 bits per heavy atom. The first-order chi connectivity index (χ1) is 8.75. The fraction of sp³-hybridized carbons (Fsp3) is 0.250. The summed E-state index contributed by atoms with van der Waals surface area (Å²) >= 11 is 3.53. The summed E-state index contributed by atoms with van der Waals surface area (Å²) < 4.78 is 1.15. The zero-order valence-electron chi connectivity index (χ0n) is 10.1. The molecule has 0 saturated heterocycles. The molecule has 1 fully saturated rings. The Bertz CT molecular complexity index is 538. The lowest BCUT2D eigenvalue weighted by Gasteiger charge is -2.11. The van der Waals surface area contributed by atoms with E-state index in [1.54, 1.807) is 0 Å². The highest BCUT2D eigenvalue weighted by Gasteiger charge is 2.42. The smallest absolute Gasteiger partial charge is 0.0329 e. The van der Waals surface area contributed by atoms with E-state index in [4.69, 9.17) is 5.73 Å². The van der Waals surface area contributed by atoms with Gasteiger partial charge < -0.3 is 5.73 Å². The van der Waals surface area contributed by atoms with Gasteiger partial charge in [0.25, 0.3) is 0 Å². The second-order valence-corrected chi connectivity index (χ2v) is 5.91. The van der Waals surface area contributed by atoms with E-state index in [0.717, 1.165) is 4.47 Å². The average molecular weight is 302 g/mol. The van der Waals surface area contributed by atoms with Crippen LogP contribution in [0.5, 0.6) is 0 Å². The Hall–Kier alpha value is -1.12. The van der Waals surface area contributed by atoms with Gasteiger partial charge in [0.15, 0.2) is 0 Å². The zero-order valence-corrected chi connectivity index (χ0v) is 11.7. The third kappa shape index (κ3) is 2.36. The van der Waals surface area contributed by atoms with E-state index >= 15 is 0 Å². The summed E-state index contributed by atoms with van der Waals surface area (Å²) in [6.07, 6.45) is 1.20. The minimum atomic E-state index is 0.162. The summed E-state index contributed by atoms with van der Waals surface area (Å²) in [7, 11) is 0. The standard InChI is InChI=1S/C16H16BrN/c17-13-8-4-7-12(9-13)14-10-15(14)16(18)11-5-2-1-3-6-11/h1-9,14-16H,10,18H2. The summed E-state index contributed by atoms with van der Waals surface area (Å²) in [5.74, 6) is 1.21. The molecule has 0 heterocycles. The molecule has 1 aliphatic carbocycles. The van der Waals surface area contributed by atoms with Crippen molar-refractivity contribution in [3.8, 4) is 0 Å². The van der Waals surface area contributed by atoms with Gasteiger partial charge in [-0.2, -0.15) is 0 Å². The summed E-state index contributed by atoms with van der Waals surface area (Å²) in [6, 6.07) is 19.2. The minimum absolute atomic E-state index is 0.162. The van der Waals surface area contributed by atoms with Gasteiger partial charge in [-0.15, -0.1) is 0 Å². The fourth-order valence-corrected chi connectivity index (χ4v) is 3.07. The van der Waals surface area contributed by atoms with Crippen molar-refractivity contribution in [2.24, 2.45) is 11.7 Å². The maximum absolute atomic E-state index is 6.35. The van der Waals surface area contributed by atoms with Gasteiger partial charge in [-0.25, -0.2) is 0 Å². The summed E-state index contributed by atoms with van der Waals surface area (Å²) in [4.78, 5) is 0. The molecule has 3 atom stereocenters. The van der Waals surface area contributed by atoms with Crippen molar-refractivity contribution < 1.29 is 0 Å². The summed E-state index contributed by atoms with van der Waals surface area (Å²) in [5.41, 5.74) is 9.01. The number of halogens is 1. The molecule has 0 bridgehead atoms. The first-order valence-corrected chi connectivity index (χ1v) is 7.11. The van der Waals surface area contributed by atoms with Crippen LogP contribution in [0.1, 0.15) is 29.5 Å². The van der Waals surface area contributed by atoms with Gasteiger partial charge in [0.1, 0.15) is 0 Å². The highest BCUT2D eigenvalue weighted by molar-refractivity contribution is 9.10. The predicted molar refractivity (Wildman–Crippen MR) is 78.4 cm³/mol. The number of hydrogen-bond donors (Lipinski definition) is 1. The number of hydrogen-bond acceptors (Lipinski definition) is 1. The highest BCUT2D eigenvalue weighted by atomic mass is 79.9. The molecule has 1 saturated carbocycles. The van der Waals surface area contributed by atoms with Crippen LogP contribution in [0.25, 0.3) is 0 Å². The molecule has 0 aliphatic heterocycles. The first kappa shape index (κ1) is 11.9. The Labute approximate surface area is 116 Å². The third-order valence-corrected chi connectivity index (χ3v) is 4.26. The molecular formula is C16H16BrN. The third-order valence-electron chi connectivity index (χ3n) is 3.76. The van der Waals surface area contributed by atoms with Gasteiger partial charge in [-0.3, -0.25) is 0 Å². The van der Waals surface area contributed by atoms with Crippen LogP contribution < -0.4 is 5.73 Å². The minimum Gasteiger partial charge on any atom is -0.324 e. The predicted octanol–water partition coefficient (Wildman–Crippen LogP) is 4.25. The maximum atomic E-state index is 6.35. The molecule has 92 valence electrons. The van der Waals surface area contributed by atoms with Gasteiger partial charge in [0.05, 0.1) is 0 Å². The molecule has 2 aromatic rings. The SMILES string of the molecule is NC(c1ccccc1)C1CC1c1cccc(Br)c1. The number of nitrogens with two attached hydrogens (primary N) is 1. The van der Waals surface area contributed by atoms with E-state index in [9.17, 15) is 0 Å². The molecule has 2 N–H and O–H groups in total. The topological polar surface area (TPSA) is 26.0 Å². The fourth-order valence-electron chi connectivity index (χ4n) is 2.65. The normalized spacial score (nSPS) is 23.7. The maximum Gasteiger partial charge on any atom is 0.0329 e. The van der Waals surface area contributed by atoms with Crippen LogP contribution in [0, 0.1) is 5.92 Å². The average Bonchev–Trinajstić information content (AvgIpc) is 3.19. The molecule has 18 heavy (non-hydrogen) atoms. The molecular weight excluding hydrogens is 286 g/mol. The van der Waals surface area contributed by atoms with E-state index in [-0.39, 0.29) is 6.04 Å². The Kier molecular flexibility index (Phi) is 3.23. The molecule has 0 amide bonds. The van der Waals surface area contributed by atoms with Crippen LogP contribution in [0.2, 0.25) is 0 Å². The lowest BCUT2D eigenvalue weighted by molar-refractivity contribution is 0.616. The van der Waals surface area contributed by atoms with Gasteiger partial charge in [-0.05, 0) is 41.5 Å². The molecule has 3 rings (SSSR count). The molecule has 1 nitrogen and oxygen atoms in total. The largest absolute Gasteiger partial charge is 0.324 e. The number of benzene rings is 2. The van der Waals surface area contributed by atoms with Crippen molar-refractivity contribution >= 4 is 15.9 Å². The van der Waals surface area contributed by atoms with Crippen molar-refractivity contribution in [3.63, 3.8) is 0 Å². The summed E-state index contributed by atoms with van der Waals surface area (Å²) in [6.45, 7) is 0. The lowest BCUT2D eigenvalue weighted by Crippen LogP contribution is -2.13. The van der Waals surface area contributed by atoms with Crippen molar-refractivity contribution in [2.75, 3.05) is 0 Å². The Balaban J connectivity index is 1.75. The van der Waals surface area contributed by atoms with Crippen LogP contribution in [0.3, 0.4) is 0 Å². The van der Waals surface area contributed by atoms with Crippen LogP contribution in [0.4, 0.5) is 0 Å². The van der Waals surface area contributed by atoms with Gasteiger partial charge >= 0.3 is 0 Å². The van der Waals surface area contributed by atoms with Crippen molar-refractivity contribution in [1.29, 1.82) is 0 Å². The molecule has 0 radical (unpaired) electrons. The second-order valence-electron chi connectivity index (χ2n) is 5.00. The highest BCUT2D eigenvalue weighted by Crippen LogP contribution is 2.53. The zero-order chi connectivity index (χ0) is 12.5. The Morgan fingerprint density at radius 2 is 1.83 bits per heavy atom. The van der Waals surface area contributed by atoms with E-state index < -0.39 is 0 Å².